The Morgan fingerprint density at radius 2 is 2.07 bits per heavy atom. The van der Waals surface area contributed by atoms with E-state index in [1.807, 2.05) is 0 Å². The quantitative estimate of drug-likeness (QED) is 0.439. The van der Waals surface area contributed by atoms with Gasteiger partial charge in [-0.3, -0.25) is 9.59 Å². The third kappa shape index (κ3) is 1.18. The van der Waals surface area contributed by atoms with Gasteiger partial charge in [-0.15, -0.1) is 0 Å². The van der Waals surface area contributed by atoms with Crippen molar-refractivity contribution in [1.29, 1.82) is 0 Å². The molecule has 1 aliphatic heterocycles. The molecule has 1 heterocycles. The molecule has 1 saturated heterocycles. The lowest BCUT2D eigenvalue weighted by Gasteiger charge is -2.39. The van der Waals surface area contributed by atoms with Crippen molar-refractivity contribution >= 4 is 11.9 Å². The average Bonchev–Trinajstić information content (AvgIpc) is 2.39. The highest BCUT2D eigenvalue weighted by Crippen LogP contribution is 2.50. The molecule has 3 nitrogen and oxygen atoms in total. The van der Waals surface area contributed by atoms with Crippen molar-refractivity contribution in [3.8, 4) is 0 Å². The van der Waals surface area contributed by atoms with E-state index < -0.39 is 5.41 Å². The minimum absolute atomic E-state index is 0.273. The Balaban J connectivity index is 2.29. The van der Waals surface area contributed by atoms with Gasteiger partial charge in [-0.2, -0.15) is 0 Å². The van der Waals surface area contributed by atoms with E-state index in [2.05, 4.69) is 13.8 Å². The molecule has 0 bridgehead atoms. The van der Waals surface area contributed by atoms with E-state index >= 15 is 0 Å². The second-order valence-electron chi connectivity index (χ2n) is 4.75. The predicted octanol–water partition coefficient (Wildman–Crippen LogP) is 1.90. The van der Waals surface area contributed by atoms with E-state index in [1.165, 1.54) is 0 Å². The Hall–Kier alpha value is -0.860. The van der Waals surface area contributed by atoms with Crippen molar-refractivity contribution in [2.45, 2.75) is 39.5 Å². The maximum absolute atomic E-state index is 11.7. The summed E-state index contributed by atoms with van der Waals surface area (Å²) in [6.07, 6.45) is 3.32. The molecule has 2 rings (SSSR count). The van der Waals surface area contributed by atoms with Gasteiger partial charge in [0, 0.05) is 0 Å². The molecule has 3 heteroatoms. The topological polar surface area (TPSA) is 43.4 Å². The summed E-state index contributed by atoms with van der Waals surface area (Å²) in [5.74, 6) is 0.176. The van der Waals surface area contributed by atoms with Gasteiger partial charge < -0.3 is 4.74 Å². The predicted molar refractivity (Wildman–Crippen MR) is 50.3 cm³/mol. The van der Waals surface area contributed by atoms with E-state index in [9.17, 15) is 9.59 Å². The van der Waals surface area contributed by atoms with Gasteiger partial charge in [0.25, 0.3) is 0 Å². The first kappa shape index (κ1) is 9.69. The van der Waals surface area contributed by atoms with Gasteiger partial charge in [-0.25, -0.2) is 0 Å². The number of rotatable bonds is 0. The van der Waals surface area contributed by atoms with Gasteiger partial charge in [0.15, 0.2) is 0 Å². The third-order valence-corrected chi connectivity index (χ3v) is 4.08. The maximum atomic E-state index is 11.7. The molecule has 1 aliphatic carbocycles. The zero-order chi connectivity index (χ0) is 10.3. The third-order valence-electron chi connectivity index (χ3n) is 4.08. The number of hydrogen-bond donors (Lipinski definition) is 0. The monoisotopic (exact) mass is 196 g/mol. The van der Waals surface area contributed by atoms with Crippen molar-refractivity contribution in [1.82, 2.24) is 0 Å². The van der Waals surface area contributed by atoms with Gasteiger partial charge in [0.05, 0.1) is 11.8 Å². The standard InChI is InChI=1S/C11H16O3/c1-7-4-3-5-11(8(7)2)6-9(12)14-10(11)13/h7-8H,3-6H2,1-2H3. The van der Waals surface area contributed by atoms with Crippen molar-refractivity contribution < 1.29 is 14.3 Å². The van der Waals surface area contributed by atoms with Gasteiger partial charge in [0.1, 0.15) is 0 Å². The van der Waals surface area contributed by atoms with Gasteiger partial charge >= 0.3 is 11.9 Å². The zero-order valence-corrected chi connectivity index (χ0v) is 8.71. The summed E-state index contributed by atoms with van der Waals surface area (Å²) in [5, 5.41) is 0. The van der Waals surface area contributed by atoms with Crippen LogP contribution in [-0.4, -0.2) is 11.9 Å². The highest BCUT2D eigenvalue weighted by molar-refractivity contribution is 5.97. The Bertz CT molecular complexity index is 284. The molecule has 3 unspecified atom stereocenters. The average molecular weight is 196 g/mol. The van der Waals surface area contributed by atoms with Crippen LogP contribution in [0.25, 0.3) is 0 Å². The molecule has 0 N–H and O–H groups in total. The van der Waals surface area contributed by atoms with Crippen LogP contribution in [0.4, 0.5) is 0 Å². The summed E-state index contributed by atoms with van der Waals surface area (Å²) in [4.78, 5) is 22.8. The molecule has 2 fully saturated rings. The van der Waals surface area contributed by atoms with Crippen molar-refractivity contribution in [3.63, 3.8) is 0 Å². The molecule has 0 amide bonds. The van der Waals surface area contributed by atoms with Gasteiger partial charge in [0.2, 0.25) is 0 Å². The fourth-order valence-corrected chi connectivity index (χ4v) is 2.87. The van der Waals surface area contributed by atoms with E-state index in [1.54, 1.807) is 0 Å². The largest absolute Gasteiger partial charge is 0.393 e. The first-order chi connectivity index (χ1) is 6.56. The molecular formula is C11H16O3. The number of esters is 2. The van der Waals surface area contributed by atoms with E-state index in [-0.39, 0.29) is 17.9 Å². The van der Waals surface area contributed by atoms with Gasteiger partial charge in [-0.05, 0) is 18.3 Å². The van der Waals surface area contributed by atoms with E-state index in [4.69, 9.17) is 4.74 Å². The SMILES string of the molecule is CC1CCCC2(CC(=O)OC2=O)C1C. The van der Waals surface area contributed by atoms with E-state index in [0.717, 1.165) is 19.3 Å². The molecular weight excluding hydrogens is 180 g/mol. The smallest absolute Gasteiger partial charge is 0.320 e. The Morgan fingerprint density at radius 1 is 1.36 bits per heavy atom. The number of hydrogen-bond acceptors (Lipinski definition) is 3. The normalized spacial score (nSPS) is 43.0. The molecule has 0 radical (unpaired) electrons. The van der Waals surface area contributed by atoms with E-state index in [0.29, 0.717) is 12.3 Å². The van der Waals surface area contributed by atoms with Crippen LogP contribution in [0.15, 0.2) is 0 Å². The van der Waals surface area contributed by atoms with Crippen molar-refractivity contribution in [3.05, 3.63) is 0 Å². The lowest BCUT2D eigenvalue weighted by atomic mass is 9.62. The zero-order valence-electron chi connectivity index (χ0n) is 8.71. The molecule has 14 heavy (non-hydrogen) atoms. The lowest BCUT2D eigenvalue weighted by Crippen LogP contribution is -2.40. The van der Waals surface area contributed by atoms with Crippen molar-refractivity contribution in [2.24, 2.45) is 17.3 Å². The fourth-order valence-electron chi connectivity index (χ4n) is 2.87. The first-order valence-electron chi connectivity index (χ1n) is 5.31. The molecule has 0 aromatic rings. The fraction of sp³-hybridized carbons (Fsp3) is 0.818. The number of ether oxygens (including phenoxy) is 1. The van der Waals surface area contributed by atoms with Crippen LogP contribution in [0.1, 0.15) is 39.5 Å². The molecule has 78 valence electrons. The Labute approximate surface area is 83.8 Å². The minimum atomic E-state index is -0.477. The highest BCUT2D eigenvalue weighted by Gasteiger charge is 2.54. The van der Waals surface area contributed by atoms with Crippen LogP contribution in [0.3, 0.4) is 0 Å². The molecule has 1 saturated carbocycles. The molecule has 0 aromatic carbocycles. The number of cyclic esters (lactones) is 2. The van der Waals surface area contributed by atoms with Crippen LogP contribution in [-0.2, 0) is 14.3 Å². The van der Waals surface area contributed by atoms with Crippen LogP contribution in [0, 0.1) is 17.3 Å². The second-order valence-corrected chi connectivity index (χ2v) is 4.75. The van der Waals surface area contributed by atoms with Crippen molar-refractivity contribution in [2.75, 3.05) is 0 Å². The molecule has 2 aliphatic rings. The van der Waals surface area contributed by atoms with Crippen LogP contribution in [0.2, 0.25) is 0 Å². The van der Waals surface area contributed by atoms with Gasteiger partial charge in [-0.1, -0.05) is 26.7 Å². The maximum Gasteiger partial charge on any atom is 0.320 e. The Kier molecular flexibility index (Phi) is 2.13. The molecule has 0 aromatic heterocycles. The molecule has 1 spiro atoms. The minimum Gasteiger partial charge on any atom is -0.393 e. The number of carbonyl (C=O) groups excluding carboxylic acids is 2. The Morgan fingerprint density at radius 3 is 2.64 bits per heavy atom. The van der Waals surface area contributed by atoms with Crippen LogP contribution in [0.5, 0.6) is 0 Å². The lowest BCUT2D eigenvalue weighted by molar-refractivity contribution is -0.157. The summed E-state index contributed by atoms with van der Waals surface area (Å²) in [5.41, 5.74) is -0.477. The summed E-state index contributed by atoms with van der Waals surface area (Å²) in [6.45, 7) is 4.23. The first-order valence-corrected chi connectivity index (χ1v) is 5.31. The summed E-state index contributed by atoms with van der Waals surface area (Å²) < 4.78 is 4.70. The van der Waals surface area contributed by atoms with Crippen LogP contribution < -0.4 is 0 Å². The second kappa shape index (κ2) is 3.07. The summed E-state index contributed by atoms with van der Waals surface area (Å²) in [7, 11) is 0. The van der Waals surface area contributed by atoms with Crippen LogP contribution >= 0.6 is 0 Å². The summed E-state index contributed by atoms with van der Waals surface area (Å²) in [6, 6.07) is 0. The summed E-state index contributed by atoms with van der Waals surface area (Å²) >= 11 is 0. The molecule has 3 atom stereocenters. The number of carbonyl (C=O) groups is 2. The highest BCUT2D eigenvalue weighted by atomic mass is 16.6.